The van der Waals surface area contributed by atoms with E-state index in [0.717, 1.165) is 35.7 Å². The molecule has 1 atom stereocenters. The van der Waals surface area contributed by atoms with Crippen molar-refractivity contribution in [3.05, 3.63) is 16.7 Å². The maximum atomic E-state index is 6.08. The van der Waals surface area contributed by atoms with Crippen LogP contribution in [0.3, 0.4) is 0 Å². The van der Waals surface area contributed by atoms with Crippen molar-refractivity contribution in [3.8, 4) is 0 Å². The van der Waals surface area contributed by atoms with E-state index in [-0.39, 0.29) is 0 Å². The van der Waals surface area contributed by atoms with Crippen molar-refractivity contribution in [1.29, 1.82) is 0 Å². The van der Waals surface area contributed by atoms with Gasteiger partial charge in [-0.25, -0.2) is 4.98 Å². The minimum Gasteiger partial charge on any atom is -0.353 e. The van der Waals surface area contributed by atoms with Crippen LogP contribution in [0.2, 0.25) is 5.28 Å². The number of piperazine rings is 1. The van der Waals surface area contributed by atoms with Crippen LogP contribution in [0.25, 0.3) is 10.2 Å². The number of nitrogens with zero attached hydrogens (tertiary/aromatic N) is 4. The fourth-order valence-corrected chi connectivity index (χ4v) is 4.38. The van der Waals surface area contributed by atoms with Crippen LogP contribution < -0.4 is 4.90 Å². The second kappa shape index (κ2) is 5.13. The van der Waals surface area contributed by atoms with E-state index >= 15 is 0 Å². The second-order valence-corrected chi connectivity index (χ2v) is 6.82. The minimum absolute atomic E-state index is 0.362. The molecule has 2 aliphatic rings. The average molecular weight is 309 g/mol. The van der Waals surface area contributed by atoms with Gasteiger partial charge in [0, 0.05) is 25.7 Å². The van der Waals surface area contributed by atoms with E-state index in [1.54, 1.807) is 11.3 Å². The van der Waals surface area contributed by atoms with Gasteiger partial charge in [0.1, 0.15) is 10.6 Å². The third kappa shape index (κ3) is 2.18. The van der Waals surface area contributed by atoms with Crippen molar-refractivity contribution >= 4 is 39.0 Å². The summed E-state index contributed by atoms with van der Waals surface area (Å²) < 4.78 is 0. The van der Waals surface area contributed by atoms with Gasteiger partial charge in [-0.1, -0.05) is 6.42 Å². The maximum Gasteiger partial charge on any atom is 0.225 e. The van der Waals surface area contributed by atoms with Gasteiger partial charge in [-0.15, -0.1) is 11.3 Å². The number of aromatic nitrogens is 2. The van der Waals surface area contributed by atoms with E-state index in [4.69, 9.17) is 11.6 Å². The quantitative estimate of drug-likeness (QED) is 0.758. The molecular weight excluding hydrogens is 292 g/mol. The molecule has 106 valence electrons. The Labute approximate surface area is 127 Å². The minimum atomic E-state index is 0.362. The molecule has 4 rings (SSSR count). The van der Waals surface area contributed by atoms with Crippen molar-refractivity contribution in [2.24, 2.45) is 0 Å². The largest absolute Gasteiger partial charge is 0.353 e. The fourth-order valence-electron chi connectivity index (χ4n) is 3.40. The van der Waals surface area contributed by atoms with E-state index < -0.39 is 0 Å². The summed E-state index contributed by atoms with van der Waals surface area (Å²) in [6.07, 6.45) is 4.01. The van der Waals surface area contributed by atoms with Gasteiger partial charge in [-0.2, -0.15) is 4.98 Å². The molecule has 2 aliphatic heterocycles. The smallest absolute Gasteiger partial charge is 0.225 e. The molecule has 0 radical (unpaired) electrons. The van der Waals surface area contributed by atoms with Crippen molar-refractivity contribution < 1.29 is 0 Å². The first-order chi connectivity index (χ1) is 9.81. The van der Waals surface area contributed by atoms with Crippen molar-refractivity contribution in [3.63, 3.8) is 0 Å². The summed E-state index contributed by atoms with van der Waals surface area (Å²) in [6, 6.07) is 2.79. The van der Waals surface area contributed by atoms with E-state index in [2.05, 4.69) is 31.2 Å². The highest BCUT2D eigenvalue weighted by molar-refractivity contribution is 7.16. The molecule has 1 unspecified atom stereocenters. The van der Waals surface area contributed by atoms with Crippen molar-refractivity contribution in [1.82, 2.24) is 14.9 Å². The van der Waals surface area contributed by atoms with E-state index in [1.165, 1.54) is 25.8 Å². The summed E-state index contributed by atoms with van der Waals surface area (Å²) in [7, 11) is 0. The van der Waals surface area contributed by atoms with Crippen LogP contribution in [0.1, 0.15) is 19.3 Å². The lowest BCUT2D eigenvalue weighted by Crippen LogP contribution is -2.55. The van der Waals surface area contributed by atoms with E-state index in [0.29, 0.717) is 11.3 Å². The molecule has 0 aliphatic carbocycles. The number of hydrogen-bond acceptors (Lipinski definition) is 5. The van der Waals surface area contributed by atoms with Crippen LogP contribution in [0.15, 0.2) is 11.4 Å². The van der Waals surface area contributed by atoms with Crippen LogP contribution in [-0.2, 0) is 0 Å². The van der Waals surface area contributed by atoms with Crippen LogP contribution >= 0.6 is 22.9 Å². The normalized spacial score (nSPS) is 24.1. The zero-order valence-electron chi connectivity index (χ0n) is 11.3. The third-order valence-electron chi connectivity index (χ3n) is 4.41. The SMILES string of the molecule is Clc1nc(N2CCN3CCCCC3C2)c2ccsc2n1. The molecule has 20 heavy (non-hydrogen) atoms. The topological polar surface area (TPSA) is 32.3 Å². The molecule has 0 saturated carbocycles. The lowest BCUT2D eigenvalue weighted by atomic mass is 9.99. The Kier molecular flexibility index (Phi) is 3.28. The number of thiophene rings is 1. The van der Waals surface area contributed by atoms with Crippen LogP contribution in [-0.4, -0.2) is 47.1 Å². The van der Waals surface area contributed by atoms with Gasteiger partial charge in [0.2, 0.25) is 5.28 Å². The monoisotopic (exact) mass is 308 g/mol. The standard InChI is InChI=1S/C14H17ClN4S/c15-14-16-12(11-4-8-20-13(11)17-14)19-7-6-18-5-2-1-3-10(18)9-19/h4,8,10H,1-3,5-7,9H2. The molecule has 6 heteroatoms. The van der Waals surface area contributed by atoms with Gasteiger partial charge in [-0.05, 0) is 42.4 Å². The molecule has 0 aromatic carbocycles. The molecule has 0 N–H and O–H groups in total. The number of anilines is 1. The number of fused-ring (bicyclic) bond motifs is 2. The lowest BCUT2D eigenvalue weighted by molar-refractivity contribution is 0.133. The first-order valence-electron chi connectivity index (χ1n) is 7.21. The summed E-state index contributed by atoms with van der Waals surface area (Å²) in [5.41, 5.74) is 0. The molecule has 2 saturated heterocycles. The molecule has 4 nitrogen and oxygen atoms in total. The van der Waals surface area contributed by atoms with Gasteiger partial charge in [0.25, 0.3) is 0 Å². The van der Waals surface area contributed by atoms with Crippen LogP contribution in [0, 0.1) is 0 Å². The highest BCUT2D eigenvalue weighted by atomic mass is 35.5. The molecule has 0 amide bonds. The summed E-state index contributed by atoms with van der Waals surface area (Å²) >= 11 is 7.71. The first-order valence-corrected chi connectivity index (χ1v) is 8.47. The third-order valence-corrected chi connectivity index (χ3v) is 5.39. The Balaban J connectivity index is 1.67. The van der Waals surface area contributed by atoms with Crippen molar-refractivity contribution in [2.45, 2.75) is 25.3 Å². The average Bonchev–Trinajstić information content (AvgIpc) is 2.94. The Morgan fingerprint density at radius 3 is 3.10 bits per heavy atom. The Morgan fingerprint density at radius 2 is 2.15 bits per heavy atom. The summed E-state index contributed by atoms with van der Waals surface area (Å²) in [6.45, 7) is 4.50. The van der Waals surface area contributed by atoms with Gasteiger partial charge in [0.15, 0.2) is 0 Å². The van der Waals surface area contributed by atoms with Crippen LogP contribution in [0.5, 0.6) is 0 Å². The molecule has 2 aromatic heterocycles. The predicted octanol–water partition coefficient (Wildman–Crippen LogP) is 3.02. The van der Waals surface area contributed by atoms with Gasteiger partial charge in [-0.3, -0.25) is 4.90 Å². The molecule has 4 heterocycles. The highest BCUT2D eigenvalue weighted by Gasteiger charge is 2.30. The van der Waals surface area contributed by atoms with E-state index in [1.807, 2.05) is 0 Å². The van der Waals surface area contributed by atoms with Crippen molar-refractivity contribution in [2.75, 3.05) is 31.1 Å². The molecule has 2 aromatic rings. The number of halogens is 1. The maximum absolute atomic E-state index is 6.08. The zero-order chi connectivity index (χ0) is 13.5. The molecule has 0 spiro atoms. The van der Waals surface area contributed by atoms with Crippen LogP contribution in [0.4, 0.5) is 5.82 Å². The predicted molar refractivity (Wildman–Crippen MR) is 83.9 cm³/mol. The number of piperidine rings is 1. The Hall–Kier alpha value is -0.910. The first kappa shape index (κ1) is 12.8. The molecule has 2 fully saturated rings. The van der Waals surface area contributed by atoms with E-state index in [9.17, 15) is 0 Å². The zero-order valence-corrected chi connectivity index (χ0v) is 12.8. The number of rotatable bonds is 1. The highest BCUT2D eigenvalue weighted by Crippen LogP contribution is 2.31. The Morgan fingerprint density at radius 1 is 1.20 bits per heavy atom. The summed E-state index contributed by atoms with van der Waals surface area (Å²) in [5, 5.41) is 3.57. The molecule has 0 bridgehead atoms. The Bertz CT molecular complexity index is 629. The van der Waals surface area contributed by atoms with Gasteiger partial charge >= 0.3 is 0 Å². The lowest BCUT2D eigenvalue weighted by Gasteiger charge is -2.44. The second-order valence-electron chi connectivity index (χ2n) is 5.59. The summed E-state index contributed by atoms with van der Waals surface area (Å²) in [5.74, 6) is 1.02. The molecular formula is C14H17ClN4S. The van der Waals surface area contributed by atoms with Gasteiger partial charge in [0.05, 0.1) is 5.39 Å². The fraction of sp³-hybridized carbons (Fsp3) is 0.571. The number of hydrogen-bond donors (Lipinski definition) is 0. The van der Waals surface area contributed by atoms with Gasteiger partial charge < -0.3 is 4.90 Å². The summed E-state index contributed by atoms with van der Waals surface area (Å²) in [4.78, 5) is 14.8.